The number of nitrogens with zero attached hydrogens (tertiary/aromatic N) is 1. The fraction of sp³-hybridized carbons (Fsp3) is 0.600. The van der Waals surface area contributed by atoms with Crippen molar-refractivity contribution in [1.82, 2.24) is 4.90 Å². The average Bonchev–Trinajstić information content (AvgIpc) is 2.63. The fourth-order valence-corrected chi connectivity index (χ4v) is 2.09. The molecule has 0 saturated carbocycles. The summed E-state index contributed by atoms with van der Waals surface area (Å²) >= 11 is 1.72. The first-order chi connectivity index (χ1) is 6.69. The van der Waals surface area contributed by atoms with Crippen LogP contribution in [0.25, 0.3) is 0 Å². The van der Waals surface area contributed by atoms with E-state index >= 15 is 0 Å². The molecule has 0 radical (unpaired) electrons. The molecule has 1 heterocycles. The highest BCUT2D eigenvalue weighted by Gasteiger charge is 2.11. The molecule has 1 aromatic rings. The number of methoxy groups -OCH3 is 1. The first-order valence-electron chi connectivity index (χ1n) is 4.69. The van der Waals surface area contributed by atoms with Gasteiger partial charge in [0.25, 0.3) is 0 Å². The predicted octanol–water partition coefficient (Wildman–Crippen LogP) is 1.54. The molecule has 0 fully saturated rings. The molecule has 1 aromatic heterocycles. The van der Waals surface area contributed by atoms with Crippen molar-refractivity contribution in [2.24, 2.45) is 5.73 Å². The van der Waals surface area contributed by atoms with Crippen molar-refractivity contribution in [2.45, 2.75) is 19.5 Å². The maximum Gasteiger partial charge on any atom is 0.134 e. The zero-order chi connectivity index (χ0) is 10.6. The molecule has 0 saturated heterocycles. The standard InChI is InChI=1S/C10H18N2OS/c1-8(6-11)12(2)7-10-9(13-3)4-5-14-10/h4-5,8H,6-7,11H2,1-3H3. The molecule has 14 heavy (non-hydrogen) atoms. The van der Waals surface area contributed by atoms with Crippen molar-refractivity contribution in [3.63, 3.8) is 0 Å². The van der Waals surface area contributed by atoms with E-state index in [0.717, 1.165) is 12.3 Å². The normalized spacial score (nSPS) is 13.2. The zero-order valence-electron chi connectivity index (χ0n) is 8.99. The van der Waals surface area contributed by atoms with Gasteiger partial charge in [-0.2, -0.15) is 0 Å². The monoisotopic (exact) mass is 214 g/mol. The van der Waals surface area contributed by atoms with Gasteiger partial charge in [0.1, 0.15) is 5.75 Å². The summed E-state index contributed by atoms with van der Waals surface area (Å²) in [6.45, 7) is 3.71. The van der Waals surface area contributed by atoms with Crippen LogP contribution in [0, 0.1) is 0 Å². The van der Waals surface area contributed by atoms with E-state index in [9.17, 15) is 0 Å². The van der Waals surface area contributed by atoms with Crippen LogP contribution < -0.4 is 10.5 Å². The zero-order valence-corrected chi connectivity index (χ0v) is 9.80. The largest absolute Gasteiger partial charge is 0.496 e. The Balaban J connectivity index is 2.59. The van der Waals surface area contributed by atoms with E-state index in [1.807, 2.05) is 6.07 Å². The Morgan fingerprint density at radius 2 is 2.36 bits per heavy atom. The molecule has 0 bridgehead atoms. The number of hydrogen-bond acceptors (Lipinski definition) is 4. The Kier molecular flexibility index (Phi) is 4.38. The fourth-order valence-electron chi connectivity index (χ4n) is 1.19. The van der Waals surface area contributed by atoms with Crippen molar-refractivity contribution >= 4 is 11.3 Å². The molecule has 1 atom stereocenters. The first kappa shape index (κ1) is 11.5. The van der Waals surface area contributed by atoms with Crippen molar-refractivity contribution in [3.8, 4) is 5.75 Å². The van der Waals surface area contributed by atoms with Crippen LogP contribution in [-0.2, 0) is 6.54 Å². The van der Waals surface area contributed by atoms with Gasteiger partial charge in [-0.05, 0) is 25.4 Å². The number of rotatable bonds is 5. The van der Waals surface area contributed by atoms with E-state index in [0.29, 0.717) is 12.6 Å². The maximum absolute atomic E-state index is 5.60. The Bertz CT molecular complexity index is 275. The predicted molar refractivity (Wildman–Crippen MR) is 60.9 cm³/mol. The maximum atomic E-state index is 5.60. The third-order valence-corrected chi connectivity index (χ3v) is 3.30. The summed E-state index contributed by atoms with van der Waals surface area (Å²) in [4.78, 5) is 3.49. The second-order valence-electron chi connectivity index (χ2n) is 3.41. The van der Waals surface area contributed by atoms with Gasteiger partial charge in [0.15, 0.2) is 0 Å². The van der Waals surface area contributed by atoms with E-state index in [4.69, 9.17) is 10.5 Å². The lowest BCUT2D eigenvalue weighted by molar-refractivity contribution is 0.253. The molecular formula is C10H18N2OS. The number of nitrogens with two attached hydrogens (primary N) is 1. The molecule has 0 amide bonds. The van der Waals surface area contributed by atoms with Crippen LogP contribution in [0.15, 0.2) is 11.4 Å². The second-order valence-corrected chi connectivity index (χ2v) is 4.41. The summed E-state index contributed by atoms with van der Waals surface area (Å²) < 4.78 is 5.25. The van der Waals surface area contributed by atoms with Crippen LogP contribution in [0.2, 0.25) is 0 Å². The van der Waals surface area contributed by atoms with E-state index in [-0.39, 0.29) is 0 Å². The third-order valence-electron chi connectivity index (χ3n) is 2.41. The van der Waals surface area contributed by atoms with Crippen molar-refractivity contribution < 1.29 is 4.74 Å². The molecule has 0 aliphatic carbocycles. The molecule has 0 spiro atoms. The third kappa shape index (κ3) is 2.70. The number of likely N-dealkylation sites (N-methyl/N-ethyl adjacent to an activating group) is 1. The summed E-state index contributed by atoms with van der Waals surface area (Å²) in [5, 5.41) is 2.05. The highest BCUT2D eigenvalue weighted by molar-refractivity contribution is 7.10. The van der Waals surface area contributed by atoms with Gasteiger partial charge in [-0.25, -0.2) is 0 Å². The Labute approximate surface area is 89.5 Å². The second kappa shape index (κ2) is 5.34. The van der Waals surface area contributed by atoms with Crippen LogP contribution in [0.4, 0.5) is 0 Å². The molecule has 0 aromatic carbocycles. The molecule has 1 rings (SSSR count). The quantitative estimate of drug-likeness (QED) is 0.808. The lowest BCUT2D eigenvalue weighted by Crippen LogP contribution is -2.34. The summed E-state index contributed by atoms with van der Waals surface area (Å²) in [6, 6.07) is 2.41. The van der Waals surface area contributed by atoms with Crippen LogP contribution in [0.5, 0.6) is 5.75 Å². The first-order valence-corrected chi connectivity index (χ1v) is 5.57. The Morgan fingerprint density at radius 1 is 1.64 bits per heavy atom. The lowest BCUT2D eigenvalue weighted by Gasteiger charge is -2.22. The minimum absolute atomic E-state index is 0.404. The molecule has 0 aliphatic heterocycles. The highest BCUT2D eigenvalue weighted by atomic mass is 32.1. The van der Waals surface area contributed by atoms with Gasteiger partial charge < -0.3 is 10.5 Å². The lowest BCUT2D eigenvalue weighted by atomic mass is 10.3. The van der Waals surface area contributed by atoms with Crippen molar-refractivity contribution in [2.75, 3.05) is 20.7 Å². The molecule has 4 heteroatoms. The van der Waals surface area contributed by atoms with Crippen LogP contribution >= 0.6 is 11.3 Å². The van der Waals surface area contributed by atoms with Crippen LogP contribution in [0.1, 0.15) is 11.8 Å². The van der Waals surface area contributed by atoms with Crippen molar-refractivity contribution in [3.05, 3.63) is 16.3 Å². The van der Waals surface area contributed by atoms with Gasteiger partial charge in [-0.1, -0.05) is 0 Å². The van der Waals surface area contributed by atoms with Crippen molar-refractivity contribution in [1.29, 1.82) is 0 Å². The molecule has 0 aliphatic rings. The molecular weight excluding hydrogens is 196 g/mol. The molecule has 80 valence electrons. The topological polar surface area (TPSA) is 38.5 Å². The highest BCUT2D eigenvalue weighted by Crippen LogP contribution is 2.25. The van der Waals surface area contributed by atoms with E-state index in [1.165, 1.54) is 4.88 Å². The summed E-state index contributed by atoms with van der Waals surface area (Å²) in [5.41, 5.74) is 5.60. The van der Waals surface area contributed by atoms with Gasteiger partial charge in [0.2, 0.25) is 0 Å². The van der Waals surface area contributed by atoms with E-state index in [2.05, 4.69) is 24.3 Å². The smallest absolute Gasteiger partial charge is 0.134 e. The van der Waals surface area contributed by atoms with Gasteiger partial charge >= 0.3 is 0 Å². The minimum atomic E-state index is 0.404. The molecule has 1 unspecified atom stereocenters. The number of thiophene rings is 1. The molecule has 3 nitrogen and oxygen atoms in total. The Morgan fingerprint density at radius 3 is 2.93 bits per heavy atom. The SMILES string of the molecule is COc1ccsc1CN(C)C(C)CN. The Hall–Kier alpha value is -0.580. The van der Waals surface area contributed by atoms with Gasteiger partial charge in [0, 0.05) is 19.1 Å². The molecule has 2 N–H and O–H groups in total. The van der Waals surface area contributed by atoms with Crippen LogP contribution in [0.3, 0.4) is 0 Å². The van der Waals surface area contributed by atoms with Gasteiger partial charge in [-0.3, -0.25) is 4.90 Å². The minimum Gasteiger partial charge on any atom is -0.496 e. The van der Waals surface area contributed by atoms with Gasteiger partial charge in [-0.15, -0.1) is 11.3 Å². The summed E-state index contributed by atoms with van der Waals surface area (Å²) in [7, 11) is 3.79. The average molecular weight is 214 g/mol. The van der Waals surface area contributed by atoms with E-state index < -0.39 is 0 Å². The summed E-state index contributed by atoms with van der Waals surface area (Å²) in [5.74, 6) is 0.978. The number of hydrogen-bond donors (Lipinski definition) is 1. The van der Waals surface area contributed by atoms with Gasteiger partial charge in [0.05, 0.1) is 12.0 Å². The van der Waals surface area contributed by atoms with E-state index in [1.54, 1.807) is 18.4 Å². The number of ether oxygens (including phenoxy) is 1. The van der Waals surface area contributed by atoms with Crippen LogP contribution in [-0.4, -0.2) is 31.6 Å². The summed E-state index contributed by atoms with van der Waals surface area (Å²) in [6.07, 6.45) is 0.